The zero-order valence-corrected chi connectivity index (χ0v) is 22.9. The molecule has 2 N–H and O–H groups in total. The minimum absolute atomic E-state index is 0.0929. The number of carboxylic acids is 1. The van der Waals surface area contributed by atoms with Crippen LogP contribution >= 0.6 is 11.3 Å². The van der Waals surface area contributed by atoms with Gasteiger partial charge in [-0.3, -0.25) is 9.59 Å². The van der Waals surface area contributed by atoms with Gasteiger partial charge < -0.3 is 29.4 Å². The summed E-state index contributed by atoms with van der Waals surface area (Å²) in [5.74, 6) is -0.521. The number of fused-ring (bicyclic) bond motifs is 1. The number of benzene rings is 2. The number of carboxylic acid groups (broad SMARTS) is 1. The first kappa shape index (κ1) is 27.4. The molecular weight excluding hydrogens is 524 g/mol. The van der Waals surface area contributed by atoms with Crippen molar-refractivity contribution in [1.29, 1.82) is 0 Å². The summed E-state index contributed by atoms with van der Waals surface area (Å²) in [7, 11) is 5.88. The standard InChI is InChI=1S/C28H26N2O8S/c1-13-20(28(33)34)21(16-11-18(36-4)25(38-6)19(12-16)37-5)22-23(30-14(2)31)26(39-27(22)29-13)24(32)15-7-9-17(35-3)10-8-15/h7-12H,1-6H3,(H,30,31)(H,33,34). The predicted molar refractivity (Wildman–Crippen MR) is 147 cm³/mol. The average Bonchev–Trinajstić information content (AvgIpc) is 3.27. The molecule has 0 aliphatic heterocycles. The molecule has 0 unspecified atom stereocenters. The van der Waals surface area contributed by atoms with E-state index in [-0.39, 0.29) is 33.2 Å². The number of ether oxygens (including phenoxy) is 4. The van der Waals surface area contributed by atoms with E-state index in [9.17, 15) is 19.5 Å². The Bertz CT molecular complexity index is 1580. The van der Waals surface area contributed by atoms with Crippen LogP contribution in [0.4, 0.5) is 5.69 Å². The average molecular weight is 551 g/mol. The number of pyridine rings is 1. The molecule has 0 aliphatic rings. The van der Waals surface area contributed by atoms with E-state index in [1.165, 1.54) is 35.4 Å². The number of amides is 1. The number of methoxy groups -OCH3 is 4. The van der Waals surface area contributed by atoms with Crippen molar-refractivity contribution in [3.63, 3.8) is 0 Å². The number of rotatable bonds is 9. The highest BCUT2D eigenvalue weighted by molar-refractivity contribution is 7.21. The van der Waals surface area contributed by atoms with Crippen molar-refractivity contribution in [3.8, 4) is 34.1 Å². The lowest BCUT2D eigenvalue weighted by Crippen LogP contribution is -2.11. The molecule has 11 heteroatoms. The summed E-state index contributed by atoms with van der Waals surface area (Å²) in [5, 5.41) is 13.3. The number of thiophene rings is 1. The number of ketones is 1. The summed E-state index contributed by atoms with van der Waals surface area (Å²) >= 11 is 1.06. The third-order valence-corrected chi connectivity index (χ3v) is 7.13. The second-order valence-corrected chi connectivity index (χ2v) is 9.39. The third-order valence-electron chi connectivity index (χ3n) is 6.05. The molecule has 4 rings (SSSR count). The fourth-order valence-corrected chi connectivity index (χ4v) is 5.50. The molecule has 2 heterocycles. The maximum atomic E-state index is 13.7. The molecule has 2 aromatic heterocycles. The molecule has 0 atom stereocenters. The van der Waals surface area contributed by atoms with E-state index in [0.717, 1.165) is 11.3 Å². The van der Waals surface area contributed by atoms with Crippen molar-refractivity contribution >= 4 is 44.9 Å². The Hall–Kier alpha value is -4.64. The number of hydrogen-bond donors (Lipinski definition) is 2. The van der Waals surface area contributed by atoms with E-state index in [4.69, 9.17) is 18.9 Å². The van der Waals surface area contributed by atoms with Gasteiger partial charge in [0.15, 0.2) is 11.5 Å². The normalized spacial score (nSPS) is 10.7. The Kier molecular flexibility index (Phi) is 7.73. The van der Waals surface area contributed by atoms with Crippen LogP contribution in [0.15, 0.2) is 36.4 Å². The van der Waals surface area contributed by atoms with E-state index >= 15 is 0 Å². The van der Waals surface area contributed by atoms with Crippen molar-refractivity contribution < 1.29 is 38.4 Å². The number of nitrogens with zero attached hydrogens (tertiary/aromatic N) is 1. The van der Waals surface area contributed by atoms with Crippen LogP contribution in [-0.2, 0) is 4.79 Å². The first-order valence-corrected chi connectivity index (χ1v) is 12.4. The largest absolute Gasteiger partial charge is 0.497 e. The van der Waals surface area contributed by atoms with Crippen LogP contribution in [0.2, 0.25) is 0 Å². The quantitative estimate of drug-likeness (QED) is 0.270. The van der Waals surface area contributed by atoms with Crippen LogP contribution in [0.3, 0.4) is 0 Å². The monoisotopic (exact) mass is 550 g/mol. The van der Waals surface area contributed by atoms with Gasteiger partial charge in [-0.1, -0.05) is 0 Å². The van der Waals surface area contributed by atoms with E-state index in [1.54, 1.807) is 43.3 Å². The molecule has 0 saturated heterocycles. The lowest BCUT2D eigenvalue weighted by atomic mass is 9.94. The highest BCUT2D eigenvalue weighted by Gasteiger charge is 2.29. The topological polar surface area (TPSA) is 133 Å². The Morgan fingerprint density at radius 3 is 2.03 bits per heavy atom. The first-order chi connectivity index (χ1) is 18.6. The fourth-order valence-electron chi connectivity index (χ4n) is 4.35. The molecule has 1 amide bonds. The zero-order valence-electron chi connectivity index (χ0n) is 22.1. The molecule has 10 nitrogen and oxygen atoms in total. The zero-order chi connectivity index (χ0) is 28.4. The molecule has 0 spiro atoms. The van der Waals surface area contributed by atoms with E-state index < -0.39 is 11.9 Å². The summed E-state index contributed by atoms with van der Waals surface area (Å²) in [6.45, 7) is 2.89. The maximum Gasteiger partial charge on any atom is 0.338 e. The van der Waals surface area contributed by atoms with Gasteiger partial charge in [-0.05, 0) is 48.9 Å². The van der Waals surface area contributed by atoms with Crippen molar-refractivity contribution in [2.24, 2.45) is 0 Å². The molecule has 2 aromatic carbocycles. The molecule has 0 radical (unpaired) electrons. The van der Waals surface area contributed by atoms with Crippen molar-refractivity contribution in [3.05, 3.63) is 58.1 Å². The molecule has 4 aromatic rings. The Labute approximate surface area is 228 Å². The maximum absolute atomic E-state index is 13.7. The smallest absolute Gasteiger partial charge is 0.338 e. The van der Waals surface area contributed by atoms with E-state index in [1.807, 2.05) is 0 Å². The van der Waals surface area contributed by atoms with E-state index in [2.05, 4.69) is 10.3 Å². The molecular formula is C28H26N2O8S. The summed E-state index contributed by atoms with van der Waals surface area (Å²) < 4.78 is 21.6. The highest BCUT2D eigenvalue weighted by Crippen LogP contribution is 2.48. The van der Waals surface area contributed by atoms with Gasteiger partial charge in [-0.2, -0.15) is 0 Å². The number of carbonyl (C=O) groups excluding carboxylic acids is 2. The molecule has 0 aliphatic carbocycles. The number of carbonyl (C=O) groups is 3. The molecule has 0 fully saturated rings. The minimum Gasteiger partial charge on any atom is -0.497 e. The van der Waals surface area contributed by atoms with E-state index in [0.29, 0.717) is 44.3 Å². The van der Waals surface area contributed by atoms with Gasteiger partial charge in [0.2, 0.25) is 17.4 Å². The predicted octanol–water partition coefficient (Wildman–Crippen LogP) is 5.19. The summed E-state index contributed by atoms with van der Waals surface area (Å²) in [4.78, 5) is 43.7. The summed E-state index contributed by atoms with van der Waals surface area (Å²) in [6, 6.07) is 9.77. The van der Waals surface area contributed by atoms with Crippen LogP contribution in [0, 0.1) is 6.92 Å². The van der Waals surface area contributed by atoms with Crippen LogP contribution in [-0.4, -0.2) is 56.2 Å². The van der Waals surface area contributed by atoms with Crippen molar-refractivity contribution in [2.75, 3.05) is 33.8 Å². The molecule has 39 heavy (non-hydrogen) atoms. The highest BCUT2D eigenvalue weighted by atomic mass is 32.1. The number of nitrogens with one attached hydrogen (secondary N) is 1. The Balaban J connectivity index is 2.12. The summed E-state index contributed by atoms with van der Waals surface area (Å²) in [6.07, 6.45) is 0. The molecule has 202 valence electrons. The molecule has 0 saturated carbocycles. The van der Waals surface area contributed by atoms with Gasteiger partial charge in [0.05, 0.1) is 45.4 Å². The lowest BCUT2D eigenvalue weighted by molar-refractivity contribution is -0.114. The molecule has 0 bridgehead atoms. The fraction of sp³-hybridized carbons (Fsp3) is 0.214. The number of anilines is 1. The Morgan fingerprint density at radius 1 is 0.923 bits per heavy atom. The van der Waals surface area contributed by atoms with Crippen LogP contribution in [0.1, 0.15) is 38.2 Å². The van der Waals surface area contributed by atoms with Crippen molar-refractivity contribution in [2.45, 2.75) is 13.8 Å². The van der Waals surface area contributed by atoms with Crippen LogP contribution in [0.5, 0.6) is 23.0 Å². The van der Waals surface area contributed by atoms with Gasteiger partial charge in [-0.25, -0.2) is 9.78 Å². The van der Waals surface area contributed by atoms with Gasteiger partial charge in [-0.15, -0.1) is 11.3 Å². The second-order valence-electron chi connectivity index (χ2n) is 8.39. The third kappa shape index (κ3) is 4.96. The number of aryl methyl sites for hydroxylation is 1. The number of aromatic carboxylic acids is 1. The van der Waals surface area contributed by atoms with Gasteiger partial charge in [0.1, 0.15) is 15.5 Å². The minimum atomic E-state index is -1.23. The number of aromatic nitrogens is 1. The Morgan fingerprint density at radius 2 is 1.54 bits per heavy atom. The van der Waals surface area contributed by atoms with Gasteiger partial charge >= 0.3 is 5.97 Å². The van der Waals surface area contributed by atoms with Crippen molar-refractivity contribution in [1.82, 2.24) is 4.98 Å². The SMILES string of the molecule is COc1ccc(C(=O)c2sc3nc(C)c(C(=O)O)c(-c4cc(OC)c(OC)c(OC)c4)c3c2NC(C)=O)cc1. The van der Waals surface area contributed by atoms with Crippen LogP contribution < -0.4 is 24.3 Å². The second kappa shape index (κ2) is 11.0. The number of hydrogen-bond acceptors (Lipinski definition) is 9. The van der Waals surface area contributed by atoms with Crippen LogP contribution in [0.25, 0.3) is 21.3 Å². The first-order valence-electron chi connectivity index (χ1n) is 11.6. The lowest BCUT2D eigenvalue weighted by Gasteiger charge is -2.17. The van der Waals surface area contributed by atoms with Gasteiger partial charge in [0, 0.05) is 23.4 Å². The van der Waals surface area contributed by atoms with Gasteiger partial charge in [0.25, 0.3) is 0 Å². The summed E-state index contributed by atoms with van der Waals surface area (Å²) in [5.41, 5.74) is 1.33.